The van der Waals surface area contributed by atoms with Crippen LogP contribution in [0, 0.1) is 0 Å². The van der Waals surface area contributed by atoms with E-state index in [9.17, 15) is 9.59 Å². The molecule has 0 aromatic heterocycles. The maximum atomic E-state index is 11.6. The van der Waals surface area contributed by atoms with Crippen molar-refractivity contribution < 1.29 is 9.59 Å². The molecule has 0 radical (unpaired) electrons. The normalized spacial score (nSPS) is 9.93. The number of carbonyl (C=O) groups is 2. The summed E-state index contributed by atoms with van der Waals surface area (Å²) >= 11 is 0. The Kier molecular flexibility index (Phi) is 7.00. The second-order valence-electron chi connectivity index (χ2n) is 6.55. The summed E-state index contributed by atoms with van der Waals surface area (Å²) in [5.41, 5.74) is 5.07. The number of urea groups is 2. The quantitative estimate of drug-likeness (QED) is 0.721. The minimum absolute atomic E-state index is 0.372. The minimum atomic E-state index is -0.372. The van der Waals surface area contributed by atoms with Gasteiger partial charge in [-0.15, -0.1) is 0 Å². The number of aliphatic imine (C=N–C) groups is 2. The van der Waals surface area contributed by atoms with Gasteiger partial charge in [-0.25, -0.2) is 19.6 Å². The number of carbonyl (C=O) groups excluding carboxylic acids is 2. The monoisotopic (exact) mass is 364 g/mol. The highest BCUT2D eigenvalue weighted by Crippen LogP contribution is 2.16. The molecule has 6 heteroatoms. The third kappa shape index (κ3) is 7.23. The van der Waals surface area contributed by atoms with Gasteiger partial charge < -0.3 is 10.6 Å². The van der Waals surface area contributed by atoms with Crippen molar-refractivity contribution in [3.63, 3.8) is 0 Å². The number of hydrogen-bond donors (Lipinski definition) is 2. The molecule has 0 bridgehead atoms. The molecule has 0 atom stereocenters. The number of amides is 4. The first-order valence-electron chi connectivity index (χ1n) is 8.65. The first kappa shape index (κ1) is 20.0. The number of anilines is 2. The summed E-state index contributed by atoms with van der Waals surface area (Å²) in [6.07, 6.45) is 0.751. The van der Waals surface area contributed by atoms with Crippen LogP contribution in [0.15, 0.2) is 58.5 Å². The zero-order chi connectivity index (χ0) is 19.8. The van der Waals surface area contributed by atoms with Gasteiger partial charge in [-0.2, -0.15) is 0 Å². The fourth-order valence-electron chi connectivity index (χ4n) is 2.36. The van der Waals surface area contributed by atoms with Gasteiger partial charge in [0.1, 0.15) is 0 Å². The summed E-state index contributed by atoms with van der Waals surface area (Å²) in [6.45, 7) is 7.10. The first-order valence-corrected chi connectivity index (χ1v) is 8.65. The predicted molar refractivity (Wildman–Crippen MR) is 111 cm³/mol. The summed E-state index contributed by atoms with van der Waals surface area (Å²) in [5, 5.41) is 5.45. The van der Waals surface area contributed by atoms with E-state index in [1.165, 1.54) is 0 Å². The smallest absolute Gasteiger partial charge is 0.306 e. The van der Waals surface area contributed by atoms with E-state index in [2.05, 4.69) is 20.6 Å². The molecule has 2 rings (SSSR count). The van der Waals surface area contributed by atoms with Crippen LogP contribution in [-0.4, -0.2) is 23.5 Å². The summed E-state index contributed by atoms with van der Waals surface area (Å²) in [5.74, 6) is 0. The number of benzene rings is 2. The Hall–Kier alpha value is -3.28. The Morgan fingerprint density at radius 2 is 1.00 bits per heavy atom. The molecule has 2 aromatic rings. The van der Waals surface area contributed by atoms with E-state index in [4.69, 9.17) is 0 Å². The lowest BCUT2D eigenvalue weighted by molar-refractivity contribution is 0.258. The maximum Gasteiger partial charge on any atom is 0.345 e. The third-order valence-corrected chi connectivity index (χ3v) is 3.47. The molecular weight excluding hydrogens is 340 g/mol. The molecular formula is C21H24N4O2. The average molecular weight is 364 g/mol. The number of rotatable bonds is 4. The van der Waals surface area contributed by atoms with Crippen LogP contribution in [0.5, 0.6) is 0 Å². The van der Waals surface area contributed by atoms with Crippen molar-refractivity contribution in [3.05, 3.63) is 59.7 Å². The van der Waals surface area contributed by atoms with Gasteiger partial charge in [-0.05, 0) is 69.5 Å². The van der Waals surface area contributed by atoms with E-state index in [0.717, 1.165) is 17.5 Å². The molecule has 0 saturated carbocycles. The fraction of sp³-hybridized carbons (Fsp3) is 0.238. The zero-order valence-electron chi connectivity index (χ0n) is 16.0. The van der Waals surface area contributed by atoms with Gasteiger partial charge in [0.25, 0.3) is 0 Å². The van der Waals surface area contributed by atoms with E-state index in [-0.39, 0.29) is 12.1 Å². The fourth-order valence-corrected chi connectivity index (χ4v) is 2.36. The van der Waals surface area contributed by atoms with Crippen LogP contribution in [-0.2, 0) is 6.42 Å². The summed E-state index contributed by atoms with van der Waals surface area (Å²) in [6, 6.07) is 14.5. The van der Waals surface area contributed by atoms with Crippen molar-refractivity contribution in [1.82, 2.24) is 0 Å². The van der Waals surface area contributed by atoms with E-state index in [1.807, 2.05) is 48.5 Å². The van der Waals surface area contributed by atoms with Crippen LogP contribution < -0.4 is 10.6 Å². The van der Waals surface area contributed by atoms with Crippen molar-refractivity contribution in [3.8, 4) is 0 Å². The van der Waals surface area contributed by atoms with Crippen molar-refractivity contribution in [1.29, 1.82) is 0 Å². The first-order chi connectivity index (χ1) is 12.8. The molecule has 0 spiro atoms. The van der Waals surface area contributed by atoms with Gasteiger partial charge >= 0.3 is 12.1 Å². The van der Waals surface area contributed by atoms with Crippen LogP contribution in [0.25, 0.3) is 0 Å². The van der Waals surface area contributed by atoms with Crippen LogP contribution in [0.1, 0.15) is 38.8 Å². The largest absolute Gasteiger partial charge is 0.345 e. The zero-order valence-corrected chi connectivity index (χ0v) is 16.0. The van der Waals surface area contributed by atoms with E-state index >= 15 is 0 Å². The third-order valence-electron chi connectivity index (χ3n) is 3.47. The van der Waals surface area contributed by atoms with Crippen LogP contribution >= 0.6 is 0 Å². The molecule has 6 nitrogen and oxygen atoms in total. The Morgan fingerprint density at radius 1 is 0.667 bits per heavy atom. The lowest BCUT2D eigenvalue weighted by atomic mass is 10.0. The summed E-state index contributed by atoms with van der Waals surface area (Å²) < 4.78 is 0. The molecule has 0 saturated heterocycles. The highest BCUT2D eigenvalue weighted by atomic mass is 16.2. The van der Waals surface area contributed by atoms with Crippen LogP contribution in [0.3, 0.4) is 0 Å². The van der Waals surface area contributed by atoms with Gasteiger partial charge in [0.05, 0.1) is 0 Å². The standard InChI is InChI=1S/C21H24N4O2/c1-14(2)22-20(26)24-18-9-5-16(6-10-18)13-17-7-11-19(12-8-17)25-21(27)23-15(3)4/h5-12H,13H2,1-4H3,(H,24,26)(H,25,27). The Balaban J connectivity index is 1.95. The molecule has 0 unspecified atom stereocenters. The van der Waals surface area contributed by atoms with Crippen molar-refractivity contribution in [2.75, 3.05) is 10.6 Å². The molecule has 0 fully saturated rings. The number of nitrogens with one attached hydrogen (secondary N) is 2. The second-order valence-corrected chi connectivity index (χ2v) is 6.55. The molecule has 0 aliphatic heterocycles. The average Bonchev–Trinajstić information content (AvgIpc) is 2.57. The van der Waals surface area contributed by atoms with Gasteiger partial charge in [-0.3, -0.25) is 0 Å². The number of nitrogens with zero attached hydrogens (tertiary/aromatic N) is 2. The summed E-state index contributed by atoms with van der Waals surface area (Å²) in [4.78, 5) is 30.9. The SMILES string of the molecule is CC(C)=NC(=O)Nc1ccc(Cc2ccc(NC(=O)N=C(C)C)cc2)cc1. The molecule has 2 N–H and O–H groups in total. The van der Waals surface area contributed by atoms with Crippen LogP contribution in [0.2, 0.25) is 0 Å². The van der Waals surface area contributed by atoms with Crippen molar-refractivity contribution in [2.45, 2.75) is 34.1 Å². The summed E-state index contributed by atoms with van der Waals surface area (Å²) in [7, 11) is 0. The van der Waals surface area contributed by atoms with Gasteiger partial charge in [0.2, 0.25) is 0 Å². The van der Waals surface area contributed by atoms with Gasteiger partial charge in [0, 0.05) is 22.8 Å². The number of hydrogen-bond acceptors (Lipinski definition) is 2. The lowest BCUT2D eigenvalue weighted by Crippen LogP contribution is -2.08. The maximum absolute atomic E-state index is 11.6. The molecule has 0 aliphatic carbocycles. The molecule has 27 heavy (non-hydrogen) atoms. The highest BCUT2D eigenvalue weighted by molar-refractivity contribution is 5.99. The molecule has 4 amide bonds. The van der Waals surface area contributed by atoms with E-state index < -0.39 is 0 Å². The van der Waals surface area contributed by atoms with Crippen molar-refractivity contribution in [2.24, 2.45) is 9.98 Å². The molecule has 0 aliphatic rings. The predicted octanol–water partition coefficient (Wildman–Crippen LogP) is 5.30. The molecule has 0 heterocycles. The highest BCUT2D eigenvalue weighted by Gasteiger charge is 2.03. The van der Waals surface area contributed by atoms with E-state index in [0.29, 0.717) is 22.8 Å². The Labute approximate surface area is 159 Å². The van der Waals surface area contributed by atoms with Gasteiger partial charge in [-0.1, -0.05) is 24.3 Å². The second kappa shape index (κ2) is 9.43. The van der Waals surface area contributed by atoms with Crippen molar-refractivity contribution >= 4 is 34.9 Å². The molecule has 2 aromatic carbocycles. The topological polar surface area (TPSA) is 82.9 Å². The van der Waals surface area contributed by atoms with E-state index in [1.54, 1.807) is 27.7 Å². The lowest BCUT2D eigenvalue weighted by Gasteiger charge is -2.07. The van der Waals surface area contributed by atoms with Gasteiger partial charge in [0.15, 0.2) is 0 Å². The molecule has 140 valence electrons. The van der Waals surface area contributed by atoms with Crippen LogP contribution in [0.4, 0.5) is 21.0 Å². The Morgan fingerprint density at radius 3 is 1.30 bits per heavy atom. The Bertz CT molecular complexity index is 785. The minimum Gasteiger partial charge on any atom is -0.306 e.